The Morgan fingerprint density at radius 3 is 2.56 bits per heavy atom. The van der Waals surface area contributed by atoms with Crippen LogP contribution in [0, 0.1) is 10.5 Å². The smallest absolute Gasteiger partial charge is 0.212 e. The quantitative estimate of drug-likeness (QED) is 0.627. The number of carbonyl (C=O) groups excluding carboxylic acids is 1. The second kappa shape index (κ2) is 4.74. The molecule has 16 heavy (non-hydrogen) atoms. The zero-order valence-electron chi connectivity index (χ0n) is 8.77. The molecule has 0 fully saturated rings. The first-order valence-electron chi connectivity index (χ1n) is 4.90. The number of ketones is 1. The highest BCUT2D eigenvalue weighted by atomic mass is 127. The van der Waals surface area contributed by atoms with Crippen LogP contribution in [-0.4, -0.2) is 10.8 Å². The first-order valence-corrected chi connectivity index (χ1v) is 5.98. The SMILES string of the molecule is Cc1ccc(C(=O)c2ccccc2I)nc1. The van der Waals surface area contributed by atoms with Gasteiger partial charge in [0.25, 0.3) is 0 Å². The van der Waals surface area contributed by atoms with Crippen LogP contribution in [0.5, 0.6) is 0 Å². The molecule has 2 nitrogen and oxygen atoms in total. The van der Waals surface area contributed by atoms with Crippen molar-refractivity contribution in [3.05, 3.63) is 63.0 Å². The zero-order chi connectivity index (χ0) is 11.5. The van der Waals surface area contributed by atoms with Crippen molar-refractivity contribution in [1.29, 1.82) is 0 Å². The topological polar surface area (TPSA) is 30.0 Å². The molecular formula is C13H10INO. The molecule has 1 aromatic heterocycles. The van der Waals surface area contributed by atoms with Crippen LogP contribution in [0.2, 0.25) is 0 Å². The number of halogens is 1. The van der Waals surface area contributed by atoms with E-state index < -0.39 is 0 Å². The summed E-state index contributed by atoms with van der Waals surface area (Å²) >= 11 is 2.16. The van der Waals surface area contributed by atoms with E-state index in [9.17, 15) is 4.79 Å². The molecule has 0 radical (unpaired) electrons. The van der Waals surface area contributed by atoms with E-state index in [4.69, 9.17) is 0 Å². The highest BCUT2D eigenvalue weighted by molar-refractivity contribution is 14.1. The van der Waals surface area contributed by atoms with E-state index >= 15 is 0 Å². The van der Waals surface area contributed by atoms with Crippen LogP contribution >= 0.6 is 22.6 Å². The van der Waals surface area contributed by atoms with Gasteiger partial charge in [0.05, 0.1) is 0 Å². The molecule has 0 aliphatic heterocycles. The third-order valence-corrected chi connectivity index (χ3v) is 3.20. The van der Waals surface area contributed by atoms with Crippen LogP contribution in [-0.2, 0) is 0 Å². The average molecular weight is 323 g/mol. The Balaban J connectivity index is 2.40. The van der Waals surface area contributed by atoms with Gasteiger partial charge in [0, 0.05) is 15.3 Å². The van der Waals surface area contributed by atoms with Crippen molar-refractivity contribution in [3.8, 4) is 0 Å². The molecule has 2 rings (SSSR count). The summed E-state index contributed by atoms with van der Waals surface area (Å²) in [6, 6.07) is 11.2. The molecule has 0 atom stereocenters. The van der Waals surface area contributed by atoms with Crippen LogP contribution in [0.3, 0.4) is 0 Å². The van der Waals surface area contributed by atoms with E-state index in [1.165, 1.54) is 0 Å². The monoisotopic (exact) mass is 323 g/mol. The van der Waals surface area contributed by atoms with Gasteiger partial charge in [0.2, 0.25) is 5.78 Å². The minimum atomic E-state index is -0.0231. The third-order valence-electron chi connectivity index (χ3n) is 2.26. The number of pyridine rings is 1. The zero-order valence-corrected chi connectivity index (χ0v) is 10.9. The van der Waals surface area contributed by atoms with Crippen molar-refractivity contribution in [2.45, 2.75) is 6.92 Å². The molecule has 0 aliphatic rings. The largest absolute Gasteiger partial charge is 0.287 e. The minimum absolute atomic E-state index is 0.0231. The Morgan fingerprint density at radius 1 is 1.19 bits per heavy atom. The molecule has 0 unspecified atom stereocenters. The predicted molar refractivity (Wildman–Crippen MR) is 71.6 cm³/mol. The number of benzene rings is 1. The fraction of sp³-hybridized carbons (Fsp3) is 0.0769. The van der Waals surface area contributed by atoms with Crippen LogP contribution in [0.25, 0.3) is 0 Å². The molecule has 80 valence electrons. The average Bonchev–Trinajstić information content (AvgIpc) is 2.30. The van der Waals surface area contributed by atoms with Crippen molar-refractivity contribution in [3.63, 3.8) is 0 Å². The Kier molecular flexibility index (Phi) is 3.33. The van der Waals surface area contributed by atoms with Crippen LogP contribution in [0.4, 0.5) is 0 Å². The molecule has 0 aliphatic carbocycles. The van der Waals surface area contributed by atoms with Crippen LogP contribution < -0.4 is 0 Å². The summed E-state index contributed by atoms with van der Waals surface area (Å²) in [7, 11) is 0. The van der Waals surface area contributed by atoms with Crippen molar-refractivity contribution in [2.75, 3.05) is 0 Å². The lowest BCUT2D eigenvalue weighted by molar-refractivity contribution is 0.103. The summed E-state index contributed by atoms with van der Waals surface area (Å²) in [6.45, 7) is 1.95. The van der Waals surface area contributed by atoms with Gasteiger partial charge in [0.15, 0.2) is 0 Å². The van der Waals surface area contributed by atoms with Crippen molar-refractivity contribution in [2.24, 2.45) is 0 Å². The number of hydrogen-bond acceptors (Lipinski definition) is 2. The van der Waals surface area contributed by atoms with E-state index in [-0.39, 0.29) is 5.78 Å². The number of aromatic nitrogens is 1. The van der Waals surface area contributed by atoms with Gasteiger partial charge in [-0.15, -0.1) is 0 Å². The summed E-state index contributed by atoms with van der Waals surface area (Å²) < 4.78 is 0.951. The molecule has 0 saturated heterocycles. The number of rotatable bonds is 2. The predicted octanol–water partition coefficient (Wildman–Crippen LogP) is 3.23. The normalized spacial score (nSPS) is 10.1. The molecule has 1 aromatic carbocycles. The van der Waals surface area contributed by atoms with E-state index in [1.807, 2.05) is 37.3 Å². The Bertz CT molecular complexity index is 520. The van der Waals surface area contributed by atoms with Gasteiger partial charge in [-0.2, -0.15) is 0 Å². The number of carbonyl (C=O) groups is 1. The number of aryl methyl sites for hydroxylation is 1. The molecule has 0 N–H and O–H groups in total. The van der Waals surface area contributed by atoms with Gasteiger partial charge in [-0.05, 0) is 53.3 Å². The third kappa shape index (κ3) is 2.29. The second-order valence-electron chi connectivity index (χ2n) is 3.53. The van der Waals surface area contributed by atoms with Crippen molar-refractivity contribution in [1.82, 2.24) is 4.98 Å². The van der Waals surface area contributed by atoms with E-state index in [0.29, 0.717) is 11.3 Å². The maximum absolute atomic E-state index is 12.1. The Hall–Kier alpha value is -1.23. The maximum atomic E-state index is 12.1. The summed E-state index contributed by atoms with van der Waals surface area (Å²) in [5, 5.41) is 0. The van der Waals surface area contributed by atoms with Gasteiger partial charge in [-0.1, -0.05) is 18.2 Å². The van der Waals surface area contributed by atoms with Gasteiger partial charge in [-0.25, -0.2) is 0 Å². The molecule has 0 spiro atoms. The van der Waals surface area contributed by atoms with E-state index in [0.717, 1.165) is 9.13 Å². The summed E-state index contributed by atoms with van der Waals surface area (Å²) in [5.74, 6) is -0.0231. The fourth-order valence-corrected chi connectivity index (χ4v) is 2.02. The molecule has 0 saturated carbocycles. The first-order chi connectivity index (χ1) is 7.68. The standard InChI is InChI=1S/C13H10INO/c1-9-6-7-12(15-8-9)13(16)10-4-2-3-5-11(10)14/h2-8H,1H3. The minimum Gasteiger partial charge on any atom is -0.287 e. The fourth-order valence-electron chi connectivity index (χ4n) is 1.39. The van der Waals surface area contributed by atoms with Crippen molar-refractivity contribution < 1.29 is 4.79 Å². The number of hydrogen-bond donors (Lipinski definition) is 0. The summed E-state index contributed by atoms with van der Waals surface area (Å²) in [5.41, 5.74) is 2.26. The summed E-state index contributed by atoms with van der Waals surface area (Å²) in [6.07, 6.45) is 1.71. The van der Waals surface area contributed by atoms with Crippen LogP contribution in [0.15, 0.2) is 42.6 Å². The molecule has 0 bridgehead atoms. The molecule has 2 aromatic rings. The lowest BCUT2D eigenvalue weighted by Crippen LogP contribution is -2.05. The summed E-state index contributed by atoms with van der Waals surface area (Å²) in [4.78, 5) is 16.3. The molecular weight excluding hydrogens is 313 g/mol. The van der Waals surface area contributed by atoms with Gasteiger partial charge < -0.3 is 0 Å². The molecule has 3 heteroatoms. The van der Waals surface area contributed by atoms with Gasteiger partial charge >= 0.3 is 0 Å². The highest BCUT2D eigenvalue weighted by Gasteiger charge is 2.12. The van der Waals surface area contributed by atoms with Gasteiger partial charge in [0.1, 0.15) is 5.69 Å². The lowest BCUT2D eigenvalue weighted by atomic mass is 10.1. The Labute approximate surface area is 108 Å². The van der Waals surface area contributed by atoms with E-state index in [1.54, 1.807) is 12.3 Å². The molecule has 1 heterocycles. The van der Waals surface area contributed by atoms with Crippen LogP contribution in [0.1, 0.15) is 21.6 Å². The number of nitrogens with zero attached hydrogens (tertiary/aromatic N) is 1. The highest BCUT2D eigenvalue weighted by Crippen LogP contribution is 2.15. The Morgan fingerprint density at radius 2 is 1.94 bits per heavy atom. The van der Waals surface area contributed by atoms with Gasteiger partial charge in [-0.3, -0.25) is 9.78 Å². The van der Waals surface area contributed by atoms with E-state index in [2.05, 4.69) is 27.6 Å². The van der Waals surface area contributed by atoms with Crippen molar-refractivity contribution >= 4 is 28.4 Å². The first kappa shape index (κ1) is 11.3. The molecule has 0 amide bonds. The maximum Gasteiger partial charge on any atom is 0.212 e. The second-order valence-corrected chi connectivity index (χ2v) is 4.69. The lowest BCUT2D eigenvalue weighted by Gasteiger charge is -2.02.